The second-order valence-electron chi connectivity index (χ2n) is 3.76. The second-order valence-corrected chi connectivity index (χ2v) is 3.76. The van der Waals surface area contributed by atoms with Gasteiger partial charge in [-0.2, -0.15) is 0 Å². The van der Waals surface area contributed by atoms with E-state index in [1.165, 1.54) is 0 Å². The topological polar surface area (TPSA) is 90.2 Å². The lowest BCUT2D eigenvalue weighted by Crippen LogP contribution is -2.60. The highest BCUT2D eigenvalue weighted by molar-refractivity contribution is 4.91. The Kier molecular flexibility index (Phi) is 3.86. The standard InChI is InChI=1S/C9H18O5/c1-2-3-4-9(13)8(12)7(11)6(10)5-14-9/h6-8,10-13H,2-5H2,1H3/t6-,7+,8-,9+/m1/s1. The normalized spacial score (nSPS) is 43.9. The number of rotatable bonds is 3. The molecule has 1 aliphatic rings. The smallest absolute Gasteiger partial charge is 0.194 e. The van der Waals surface area contributed by atoms with Gasteiger partial charge in [0.15, 0.2) is 5.79 Å². The highest BCUT2D eigenvalue weighted by atomic mass is 16.6. The number of aliphatic hydroxyl groups excluding tert-OH is 3. The average Bonchev–Trinajstić information content (AvgIpc) is 2.19. The Morgan fingerprint density at radius 1 is 1.36 bits per heavy atom. The SMILES string of the molecule is CCCC[C@]1(O)OC[C@@H](O)[C@H](O)[C@H]1O. The summed E-state index contributed by atoms with van der Waals surface area (Å²) in [7, 11) is 0. The molecule has 1 saturated heterocycles. The van der Waals surface area contributed by atoms with Crippen LogP contribution in [0.5, 0.6) is 0 Å². The van der Waals surface area contributed by atoms with Gasteiger partial charge in [-0.3, -0.25) is 0 Å². The van der Waals surface area contributed by atoms with Gasteiger partial charge in [0, 0.05) is 6.42 Å². The van der Waals surface area contributed by atoms with Crippen molar-refractivity contribution in [1.82, 2.24) is 0 Å². The van der Waals surface area contributed by atoms with E-state index in [4.69, 9.17) is 9.84 Å². The van der Waals surface area contributed by atoms with Crippen molar-refractivity contribution in [2.45, 2.75) is 50.3 Å². The van der Waals surface area contributed by atoms with Crippen molar-refractivity contribution in [2.75, 3.05) is 6.61 Å². The molecule has 5 nitrogen and oxygen atoms in total. The van der Waals surface area contributed by atoms with Gasteiger partial charge >= 0.3 is 0 Å². The quantitative estimate of drug-likeness (QED) is 0.474. The number of unbranched alkanes of at least 4 members (excludes halogenated alkanes) is 1. The first-order valence-corrected chi connectivity index (χ1v) is 4.92. The van der Waals surface area contributed by atoms with E-state index in [1.807, 2.05) is 6.92 Å². The van der Waals surface area contributed by atoms with E-state index in [0.29, 0.717) is 6.42 Å². The third-order valence-electron chi connectivity index (χ3n) is 2.57. The van der Waals surface area contributed by atoms with Crippen LogP contribution in [0.4, 0.5) is 0 Å². The average molecular weight is 206 g/mol. The Balaban J connectivity index is 2.60. The second kappa shape index (κ2) is 4.55. The summed E-state index contributed by atoms with van der Waals surface area (Å²) in [6.07, 6.45) is -2.11. The van der Waals surface area contributed by atoms with Crippen molar-refractivity contribution in [3.05, 3.63) is 0 Å². The zero-order chi connectivity index (χ0) is 10.8. The van der Waals surface area contributed by atoms with Gasteiger partial charge in [0.1, 0.15) is 18.3 Å². The molecule has 1 fully saturated rings. The Labute approximate surface area is 82.9 Å². The van der Waals surface area contributed by atoms with Crippen LogP contribution in [0.3, 0.4) is 0 Å². The summed E-state index contributed by atoms with van der Waals surface area (Å²) in [4.78, 5) is 0. The molecule has 4 atom stereocenters. The zero-order valence-corrected chi connectivity index (χ0v) is 8.26. The fourth-order valence-electron chi connectivity index (χ4n) is 1.54. The van der Waals surface area contributed by atoms with Crippen molar-refractivity contribution in [3.63, 3.8) is 0 Å². The summed E-state index contributed by atoms with van der Waals surface area (Å²) in [6, 6.07) is 0. The Morgan fingerprint density at radius 2 is 2.00 bits per heavy atom. The van der Waals surface area contributed by atoms with Crippen LogP contribution in [0.2, 0.25) is 0 Å². The van der Waals surface area contributed by atoms with Gasteiger partial charge in [-0.25, -0.2) is 0 Å². The molecular weight excluding hydrogens is 188 g/mol. The maximum Gasteiger partial charge on any atom is 0.194 e. The van der Waals surface area contributed by atoms with Crippen LogP contribution in [0, 0.1) is 0 Å². The zero-order valence-electron chi connectivity index (χ0n) is 8.26. The van der Waals surface area contributed by atoms with Crippen molar-refractivity contribution >= 4 is 0 Å². The Morgan fingerprint density at radius 3 is 2.57 bits per heavy atom. The maximum atomic E-state index is 9.82. The van der Waals surface area contributed by atoms with Crippen LogP contribution in [0.25, 0.3) is 0 Å². The van der Waals surface area contributed by atoms with Gasteiger partial charge in [-0.05, 0) is 6.42 Å². The molecule has 0 unspecified atom stereocenters. The highest BCUT2D eigenvalue weighted by Crippen LogP contribution is 2.28. The van der Waals surface area contributed by atoms with Crippen LogP contribution in [-0.2, 0) is 4.74 Å². The van der Waals surface area contributed by atoms with Crippen molar-refractivity contribution in [3.8, 4) is 0 Å². The lowest BCUT2D eigenvalue weighted by Gasteiger charge is -2.41. The molecule has 0 aromatic carbocycles. The molecule has 0 aliphatic carbocycles. The predicted molar refractivity (Wildman–Crippen MR) is 48.4 cm³/mol. The van der Waals surface area contributed by atoms with E-state index in [9.17, 15) is 15.3 Å². The minimum absolute atomic E-state index is 0.154. The van der Waals surface area contributed by atoms with Crippen molar-refractivity contribution in [1.29, 1.82) is 0 Å². The van der Waals surface area contributed by atoms with E-state index in [0.717, 1.165) is 6.42 Å². The lowest BCUT2D eigenvalue weighted by atomic mass is 9.93. The largest absolute Gasteiger partial charge is 0.388 e. The summed E-state index contributed by atoms with van der Waals surface area (Å²) >= 11 is 0. The highest BCUT2D eigenvalue weighted by Gasteiger charge is 2.47. The molecule has 0 spiro atoms. The first-order chi connectivity index (χ1) is 6.51. The van der Waals surface area contributed by atoms with Gasteiger partial charge in [0.25, 0.3) is 0 Å². The minimum atomic E-state index is -1.71. The molecule has 0 bridgehead atoms. The van der Waals surface area contributed by atoms with E-state index in [2.05, 4.69) is 0 Å². The first-order valence-electron chi connectivity index (χ1n) is 4.92. The lowest BCUT2D eigenvalue weighted by molar-refractivity contribution is -0.323. The predicted octanol–water partition coefficient (Wildman–Crippen LogP) is -1.02. The number of hydrogen-bond acceptors (Lipinski definition) is 5. The fraction of sp³-hybridized carbons (Fsp3) is 1.00. The van der Waals surface area contributed by atoms with Crippen LogP contribution >= 0.6 is 0 Å². The number of ether oxygens (including phenoxy) is 1. The molecule has 0 radical (unpaired) electrons. The van der Waals surface area contributed by atoms with E-state index >= 15 is 0 Å². The van der Waals surface area contributed by atoms with Crippen LogP contribution in [0.1, 0.15) is 26.2 Å². The van der Waals surface area contributed by atoms with Gasteiger partial charge in [-0.1, -0.05) is 13.3 Å². The van der Waals surface area contributed by atoms with E-state index in [1.54, 1.807) is 0 Å². The van der Waals surface area contributed by atoms with E-state index in [-0.39, 0.29) is 13.0 Å². The molecule has 4 N–H and O–H groups in total. The summed E-state index contributed by atoms with van der Waals surface area (Å²) in [5.74, 6) is -1.71. The van der Waals surface area contributed by atoms with Crippen molar-refractivity contribution in [2.24, 2.45) is 0 Å². The van der Waals surface area contributed by atoms with Gasteiger partial charge < -0.3 is 25.2 Å². The molecule has 0 aromatic heterocycles. The Bertz CT molecular complexity index is 182. The summed E-state index contributed by atoms with van der Waals surface area (Å²) in [5, 5.41) is 37.8. The molecule has 0 aromatic rings. The molecule has 5 heteroatoms. The molecular formula is C9H18O5. The van der Waals surface area contributed by atoms with Gasteiger partial charge in [-0.15, -0.1) is 0 Å². The molecule has 0 saturated carbocycles. The van der Waals surface area contributed by atoms with Crippen molar-refractivity contribution < 1.29 is 25.2 Å². The monoisotopic (exact) mass is 206 g/mol. The summed E-state index contributed by atoms with van der Waals surface area (Å²) in [6.45, 7) is 1.79. The molecule has 0 amide bonds. The third-order valence-corrected chi connectivity index (χ3v) is 2.57. The van der Waals surface area contributed by atoms with Crippen LogP contribution < -0.4 is 0 Å². The first kappa shape index (κ1) is 11.9. The Hall–Kier alpha value is -0.200. The minimum Gasteiger partial charge on any atom is -0.388 e. The molecule has 84 valence electrons. The summed E-state index contributed by atoms with van der Waals surface area (Å²) in [5.41, 5.74) is 0. The van der Waals surface area contributed by atoms with Crippen LogP contribution in [-0.4, -0.2) is 51.1 Å². The van der Waals surface area contributed by atoms with E-state index < -0.39 is 24.1 Å². The number of aliphatic hydroxyl groups is 4. The third kappa shape index (κ3) is 2.24. The molecule has 1 rings (SSSR count). The van der Waals surface area contributed by atoms with Crippen LogP contribution in [0.15, 0.2) is 0 Å². The van der Waals surface area contributed by atoms with Gasteiger partial charge in [0.2, 0.25) is 0 Å². The van der Waals surface area contributed by atoms with Gasteiger partial charge in [0.05, 0.1) is 6.61 Å². The fourth-order valence-corrected chi connectivity index (χ4v) is 1.54. The number of hydrogen-bond donors (Lipinski definition) is 4. The molecule has 14 heavy (non-hydrogen) atoms. The summed E-state index contributed by atoms with van der Waals surface area (Å²) < 4.78 is 4.96. The molecule has 1 aliphatic heterocycles. The molecule has 1 heterocycles. The maximum absolute atomic E-state index is 9.82.